The molecule has 1 atom stereocenters. The minimum Gasteiger partial charge on any atom is -0.271 e. The van der Waals surface area contributed by atoms with Gasteiger partial charge in [-0.05, 0) is 36.6 Å². The number of nitrogens with two attached hydrogens (primary N) is 1. The number of rotatable bonds is 3. The molecule has 2 aromatic rings. The largest absolute Gasteiger partial charge is 0.271 e. The van der Waals surface area contributed by atoms with Crippen molar-refractivity contribution in [2.45, 2.75) is 19.9 Å². The zero-order valence-corrected chi connectivity index (χ0v) is 12.2. The maximum Gasteiger partial charge on any atom is 0.0721 e. The molecule has 0 aromatic heterocycles. The summed E-state index contributed by atoms with van der Waals surface area (Å²) in [7, 11) is 0. The first-order valence-electron chi connectivity index (χ1n) is 5.90. The molecule has 0 radical (unpaired) electrons. The molecule has 0 amide bonds. The minimum atomic E-state index is 0.000532. The second-order valence-electron chi connectivity index (χ2n) is 4.54. The molecule has 1 unspecified atom stereocenters. The Hall–Kier alpha value is -1.16. The smallest absolute Gasteiger partial charge is 0.0721 e. The normalized spacial score (nSPS) is 12.4. The van der Waals surface area contributed by atoms with Crippen LogP contribution >= 0.6 is 15.9 Å². The fourth-order valence-electron chi connectivity index (χ4n) is 1.99. The Morgan fingerprint density at radius 1 is 1.00 bits per heavy atom. The Morgan fingerprint density at radius 3 is 2.17 bits per heavy atom. The molecule has 0 aliphatic rings. The first-order valence-corrected chi connectivity index (χ1v) is 6.70. The van der Waals surface area contributed by atoms with Crippen molar-refractivity contribution in [1.29, 1.82) is 0 Å². The number of nitrogens with one attached hydrogen (secondary N) is 1. The quantitative estimate of drug-likeness (QED) is 0.671. The first kappa shape index (κ1) is 13.3. The van der Waals surface area contributed by atoms with Crippen molar-refractivity contribution in [3.63, 3.8) is 0 Å². The summed E-state index contributed by atoms with van der Waals surface area (Å²) in [6.07, 6.45) is 0. The van der Waals surface area contributed by atoms with Crippen molar-refractivity contribution in [3.05, 3.63) is 69.2 Å². The van der Waals surface area contributed by atoms with Crippen LogP contribution in [-0.4, -0.2) is 0 Å². The fourth-order valence-corrected chi connectivity index (χ4v) is 2.71. The number of hydrazine groups is 1. The molecule has 3 N–H and O–H groups in total. The van der Waals surface area contributed by atoms with Crippen LogP contribution in [-0.2, 0) is 0 Å². The lowest BCUT2D eigenvalue weighted by atomic mass is 9.98. The van der Waals surface area contributed by atoms with E-state index >= 15 is 0 Å². The third-order valence-corrected chi connectivity index (χ3v) is 3.73. The molecule has 0 saturated carbocycles. The zero-order chi connectivity index (χ0) is 13.1. The van der Waals surface area contributed by atoms with E-state index in [1.54, 1.807) is 0 Å². The molecule has 0 aliphatic heterocycles. The molecule has 0 fully saturated rings. The maximum absolute atomic E-state index is 5.71. The van der Waals surface area contributed by atoms with Gasteiger partial charge in [0, 0.05) is 4.47 Å². The molecular weight excluding hydrogens is 288 g/mol. The maximum atomic E-state index is 5.71. The number of aryl methyl sites for hydroxylation is 2. The van der Waals surface area contributed by atoms with E-state index in [1.165, 1.54) is 11.1 Å². The summed E-state index contributed by atoms with van der Waals surface area (Å²) in [5.74, 6) is 5.71. The molecule has 2 nitrogen and oxygen atoms in total. The van der Waals surface area contributed by atoms with Gasteiger partial charge in [-0.25, -0.2) is 5.43 Å². The van der Waals surface area contributed by atoms with E-state index in [4.69, 9.17) is 5.84 Å². The van der Waals surface area contributed by atoms with Crippen LogP contribution < -0.4 is 11.3 Å². The summed E-state index contributed by atoms with van der Waals surface area (Å²) in [6.45, 7) is 4.15. The van der Waals surface area contributed by atoms with Crippen LogP contribution in [0.1, 0.15) is 28.3 Å². The van der Waals surface area contributed by atoms with Gasteiger partial charge in [0.25, 0.3) is 0 Å². The highest BCUT2D eigenvalue weighted by Crippen LogP contribution is 2.29. The number of hydrogen-bond acceptors (Lipinski definition) is 2. The summed E-state index contributed by atoms with van der Waals surface area (Å²) < 4.78 is 1.08. The van der Waals surface area contributed by atoms with Gasteiger partial charge in [-0.15, -0.1) is 0 Å². The topological polar surface area (TPSA) is 38.0 Å². The number of hydrogen-bond donors (Lipinski definition) is 2. The van der Waals surface area contributed by atoms with Gasteiger partial charge in [0.15, 0.2) is 0 Å². The molecule has 18 heavy (non-hydrogen) atoms. The zero-order valence-electron chi connectivity index (χ0n) is 10.6. The van der Waals surface area contributed by atoms with Crippen molar-refractivity contribution in [2.24, 2.45) is 5.84 Å². The highest BCUT2D eigenvalue weighted by molar-refractivity contribution is 9.10. The molecule has 94 valence electrons. The van der Waals surface area contributed by atoms with Crippen LogP contribution in [0.5, 0.6) is 0 Å². The number of benzene rings is 2. The monoisotopic (exact) mass is 304 g/mol. The van der Waals surface area contributed by atoms with E-state index in [0.29, 0.717) is 0 Å². The Balaban J connectivity index is 2.41. The van der Waals surface area contributed by atoms with E-state index in [2.05, 4.69) is 77.7 Å². The van der Waals surface area contributed by atoms with Crippen LogP contribution in [0.3, 0.4) is 0 Å². The van der Waals surface area contributed by atoms with Gasteiger partial charge in [0.05, 0.1) is 6.04 Å². The molecule has 3 heteroatoms. The van der Waals surface area contributed by atoms with E-state index in [9.17, 15) is 0 Å². The van der Waals surface area contributed by atoms with Gasteiger partial charge >= 0.3 is 0 Å². The minimum absolute atomic E-state index is 0.000532. The van der Waals surface area contributed by atoms with E-state index < -0.39 is 0 Å². The Morgan fingerprint density at radius 2 is 1.61 bits per heavy atom. The average molecular weight is 305 g/mol. The summed E-state index contributed by atoms with van der Waals surface area (Å²) in [6, 6.07) is 14.7. The molecule has 0 aliphatic carbocycles. The summed E-state index contributed by atoms with van der Waals surface area (Å²) in [5, 5.41) is 0. The lowest BCUT2D eigenvalue weighted by Gasteiger charge is -2.19. The van der Waals surface area contributed by atoms with Crippen LogP contribution in [0.4, 0.5) is 0 Å². The van der Waals surface area contributed by atoms with Gasteiger partial charge in [-0.1, -0.05) is 57.9 Å². The van der Waals surface area contributed by atoms with Crippen LogP contribution in [0.2, 0.25) is 0 Å². The van der Waals surface area contributed by atoms with Crippen LogP contribution in [0, 0.1) is 13.8 Å². The Kier molecular flexibility index (Phi) is 4.17. The highest BCUT2D eigenvalue weighted by atomic mass is 79.9. The first-order chi connectivity index (χ1) is 8.61. The van der Waals surface area contributed by atoms with Crippen molar-refractivity contribution >= 4 is 15.9 Å². The fraction of sp³-hybridized carbons (Fsp3) is 0.200. The van der Waals surface area contributed by atoms with Gasteiger partial charge in [-0.3, -0.25) is 5.84 Å². The Bertz CT molecular complexity index is 535. The second-order valence-corrected chi connectivity index (χ2v) is 5.39. The van der Waals surface area contributed by atoms with Gasteiger partial charge in [0.1, 0.15) is 0 Å². The standard InChI is InChI=1S/C15H17BrN2/c1-10-3-6-12(7-4-10)15(18-17)13-8-5-11(2)9-14(13)16/h3-9,15,18H,17H2,1-2H3. The molecule has 2 rings (SSSR count). The van der Waals surface area contributed by atoms with E-state index in [-0.39, 0.29) is 6.04 Å². The molecular formula is C15H17BrN2. The van der Waals surface area contributed by atoms with Crippen molar-refractivity contribution in [2.75, 3.05) is 0 Å². The molecule has 0 saturated heterocycles. The van der Waals surface area contributed by atoms with Crippen molar-refractivity contribution in [3.8, 4) is 0 Å². The van der Waals surface area contributed by atoms with Crippen molar-refractivity contribution in [1.82, 2.24) is 5.43 Å². The van der Waals surface area contributed by atoms with Crippen molar-refractivity contribution < 1.29 is 0 Å². The summed E-state index contributed by atoms with van der Waals surface area (Å²) in [4.78, 5) is 0. The van der Waals surface area contributed by atoms with Crippen LogP contribution in [0.25, 0.3) is 0 Å². The van der Waals surface area contributed by atoms with Gasteiger partial charge in [0.2, 0.25) is 0 Å². The Labute approximate surface area is 116 Å². The summed E-state index contributed by atoms with van der Waals surface area (Å²) >= 11 is 3.60. The van der Waals surface area contributed by atoms with Gasteiger partial charge in [-0.2, -0.15) is 0 Å². The van der Waals surface area contributed by atoms with Gasteiger partial charge < -0.3 is 0 Å². The summed E-state index contributed by atoms with van der Waals surface area (Å²) in [5.41, 5.74) is 7.66. The number of halogens is 1. The van der Waals surface area contributed by atoms with Crippen LogP contribution in [0.15, 0.2) is 46.9 Å². The SMILES string of the molecule is Cc1ccc(C(NN)c2ccc(C)cc2Br)cc1. The average Bonchev–Trinajstić information content (AvgIpc) is 2.35. The predicted octanol–water partition coefficient (Wildman–Crippen LogP) is 3.62. The second kappa shape index (κ2) is 5.65. The predicted molar refractivity (Wildman–Crippen MR) is 79.2 cm³/mol. The molecule has 2 aromatic carbocycles. The lowest BCUT2D eigenvalue weighted by Crippen LogP contribution is -2.29. The lowest BCUT2D eigenvalue weighted by molar-refractivity contribution is 0.634. The highest BCUT2D eigenvalue weighted by Gasteiger charge is 2.14. The third-order valence-electron chi connectivity index (χ3n) is 3.04. The third kappa shape index (κ3) is 2.80. The molecule has 0 spiro atoms. The van der Waals surface area contributed by atoms with E-state index in [1.807, 2.05) is 0 Å². The van der Waals surface area contributed by atoms with E-state index in [0.717, 1.165) is 15.6 Å². The molecule has 0 bridgehead atoms. The molecule has 0 heterocycles.